The van der Waals surface area contributed by atoms with E-state index in [1.807, 2.05) is 0 Å². The maximum Gasteiger partial charge on any atom is 0.472 e. The van der Waals surface area contributed by atoms with Gasteiger partial charge in [-0.3, -0.25) is 32.5 Å². The summed E-state index contributed by atoms with van der Waals surface area (Å²) in [5, 5.41) is 20.7. The molecule has 0 aromatic rings. The van der Waals surface area contributed by atoms with Crippen LogP contribution in [0.25, 0.3) is 0 Å². The molecule has 0 aromatic heterocycles. The van der Waals surface area contributed by atoms with Crippen LogP contribution in [0.15, 0.2) is 219 Å². The molecule has 0 fully saturated rings. The van der Waals surface area contributed by atoms with Crippen LogP contribution in [0.3, 0.4) is 0 Å². The lowest BCUT2D eigenvalue weighted by Gasteiger charge is -2.21. The molecule has 0 bridgehead atoms. The summed E-state index contributed by atoms with van der Waals surface area (Å²) in [6, 6.07) is 0. The van der Waals surface area contributed by atoms with E-state index in [1.54, 1.807) is 0 Å². The number of phosphoric ester groups is 2. The second kappa shape index (κ2) is 91.1. The number of carbonyl (C=O) groups is 3. The molecule has 119 heavy (non-hydrogen) atoms. The summed E-state index contributed by atoms with van der Waals surface area (Å²) in [7, 11) is -9.84. The predicted octanol–water partition coefficient (Wildman–Crippen LogP) is 28.5. The van der Waals surface area contributed by atoms with Crippen molar-refractivity contribution in [2.45, 2.75) is 360 Å². The van der Waals surface area contributed by atoms with Gasteiger partial charge in [0, 0.05) is 19.3 Å². The first-order valence-corrected chi connectivity index (χ1v) is 49.0. The third-order valence-electron chi connectivity index (χ3n) is 18.7. The second-order valence-corrected chi connectivity index (χ2v) is 32.9. The molecule has 4 N–H and O–H groups in total. The molecule has 0 rings (SSSR count). The van der Waals surface area contributed by atoms with Crippen molar-refractivity contribution in [2.24, 2.45) is 0 Å². The normalized spacial score (nSPS) is 14.8. The highest BCUT2D eigenvalue weighted by molar-refractivity contribution is 7.47. The van der Waals surface area contributed by atoms with Crippen LogP contribution in [0.4, 0.5) is 0 Å². The van der Waals surface area contributed by atoms with Gasteiger partial charge in [0.15, 0.2) is 6.10 Å². The highest BCUT2D eigenvalue weighted by Crippen LogP contribution is 2.45. The van der Waals surface area contributed by atoms with Crippen LogP contribution in [-0.2, 0) is 55.8 Å². The minimum Gasteiger partial charge on any atom is -0.463 e. The van der Waals surface area contributed by atoms with E-state index >= 15 is 0 Å². The maximum atomic E-state index is 13.1. The summed E-state index contributed by atoms with van der Waals surface area (Å²) in [5.74, 6) is -1.62. The van der Waals surface area contributed by atoms with Gasteiger partial charge in [-0.15, -0.1) is 0 Å². The van der Waals surface area contributed by atoms with Crippen LogP contribution in [0.5, 0.6) is 0 Å². The zero-order chi connectivity index (χ0) is 86.5. The zero-order valence-corrected chi connectivity index (χ0v) is 76.0. The Labute approximate surface area is 723 Å². The average Bonchev–Trinajstić information content (AvgIpc) is 0.911. The molecule has 16 nitrogen and oxygen atoms in total. The van der Waals surface area contributed by atoms with E-state index in [-0.39, 0.29) is 19.3 Å². The smallest absolute Gasteiger partial charge is 0.463 e. The molecule has 0 radical (unpaired) electrons. The third kappa shape index (κ3) is 92.4. The van der Waals surface area contributed by atoms with E-state index in [9.17, 15) is 43.5 Å². The van der Waals surface area contributed by atoms with Gasteiger partial charge in [0.1, 0.15) is 25.4 Å². The first-order valence-electron chi connectivity index (χ1n) is 46.0. The van der Waals surface area contributed by atoms with E-state index in [1.165, 1.54) is 70.6 Å². The lowest BCUT2D eigenvalue weighted by atomic mass is 10.0. The third-order valence-corrected chi connectivity index (χ3v) is 20.6. The van der Waals surface area contributed by atoms with Gasteiger partial charge in [-0.1, -0.05) is 368 Å². The quantitative estimate of drug-likeness (QED) is 0.0146. The van der Waals surface area contributed by atoms with Gasteiger partial charge >= 0.3 is 33.6 Å². The minimum atomic E-state index is -4.96. The molecule has 5 atom stereocenters. The van der Waals surface area contributed by atoms with Crippen molar-refractivity contribution in [2.75, 3.05) is 39.6 Å². The molecule has 0 amide bonds. The van der Waals surface area contributed by atoms with Crippen molar-refractivity contribution in [3.05, 3.63) is 219 Å². The lowest BCUT2D eigenvalue weighted by molar-refractivity contribution is -0.161. The Morgan fingerprint density at radius 3 is 0.664 bits per heavy atom. The molecular weight excluding hydrogens is 1530 g/mol. The van der Waals surface area contributed by atoms with Crippen LogP contribution in [0, 0.1) is 0 Å². The molecular formula is C101H164O16P2. The zero-order valence-electron chi connectivity index (χ0n) is 74.2. The topological polar surface area (TPSA) is 231 Å². The number of aliphatic hydroxyl groups excluding tert-OH is 2. The van der Waals surface area contributed by atoms with Crippen molar-refractivity contribution in [3.63, 3.8) is 0 Å². The Morgan fingerprint density at radius 2 is 0.420 bits per heavy atom. The summed E-state index contributed by atoms with van der Waals surface area (Å²) in [5.41, 5.74) is 0. The fraction of sp³-hybridized carbons (Fsp3) is 0.614. The Kier molecular flexibility index (Phi) is 86.4. The van der Waals surface area contributed by atoms with Gasteiger partial charge in [0.25, 0.3) is 0 Å². The van der Waals surface area contributed by atoms with Crippen LogP contribution >= 0.6 is 15.6 Å². The Hall–Kier alpha value is -6.13. The lowest BCUT2D eigenvalue weighted by Crippen LogP contribution is -2.30. The first kappa shape index (κ1) is 113. The number of rotatable bonds is 85. The van der Waals surface area contributed by atoms with Crippen LogP contribution in [0.1, 0.15) is 342 Å². The SMILES string of the molecule is CC/C=C\C/C=C\C/C=C\C/C=C\C/C=C\C/C=C\CCCCCCCCCCCCCCCCC(=O)OCC(O)COP(=O)(O)OCC(O)COP(=O)(O)OCC(COC(=O)CCCCCCCCCC/C=C\C/C=C\C/C=C\C/C=C\C/C=C\C/C=C\CC)OC(=O)CCCCCC/C=C\C/C=C\C/C=C\C/C=C\C/C=C\C/C=C\CC. The molecule has 674 valence electrons. The molecule has 0 spiro atoms. The summed E-state index contributed by atoms with van der Waals surface area (Å²) >= 11 is 0. The van der Waals surface area contributed by atoms with Crippen molar-refractivity contribution >= 4 is 33.6 Å². The van der Waals surface area contributed by atoms with Crippen molar-refractivity contribution < 1.29 is 75.8 Å². The van der Waals surface area contributed by atoms with Gasteiger partial charge in [-0.05, 0) is 173 Å². The van der Waals surface area contributed by atoms with E-state index in [4.69, 9.17) is 32.3 Å². The largest absolute Gasteiger partial charge is 0.472 e. The highest BCUT2D eigenvalue weighted by atomic mass is 31.2. The summed E-state index contributed by atoms with van der Waals surface area (Å²) in [6.45, 7) is 2.31. The maximum absolute atomic E-state index is 13.1. The van der Waals surface area contributed by atoms with Gasteiger partial charge in [-0.2, -0.15) is 0 Å². The van der Waals surface area contributed by atoms with Crippen LogP contribution < -0.4 is 0 Å². The molecule has 0 aliphatic heterocycles. The molecule has 0 aliphatic carbocycles. The molecule has 18 heteroatoms. The Bertz CT molecular complexity index is 3040. The number of aliphatic hydroxyl groups is 2. The Morgan fingerprint density at radius 1 is 0.235 bits per heavy atom. The fourth-order valence-electron chi connectivity index (χ4n) is 11.8. The molecule has 0 heterocycles. The monoisotopic (exact) mass is 1700 g/mol. The van der Waals surface area contributed by atoms with Crippen LogP contribution in [0.2, 0.25) is 0 Å². The first-order chi connectivity index (χ1) is 58.2. The number of phosphoric acid groups is 2. The van der Waals surface area contributed by atoms with E-state index in [2.05, 4.69) is 240 Å². The predicted molar refractivity (Wildman–Crippen MR) is 500 cm³/mol. The van der Waals surface area contributed by atoms with Crippen molar-refractivity contribution in [1.82, 2.24) is 0 Å². The highest BCUT2D eigenvalue weighted by Gasteiger charge is 2.29. The van der Waals surface area contributed by atoms with Gasteiger partial charge in [-0.25, -0.2) is 9.13 Å². The van der Waals surface area contributed by atoms with Gasteiger partial charge in [0.05, 0.1) is 26.4 Å². The van der Waals surface area contributed by atoms with Crippen LogP contribution in [-0.4, -0.2) is 95.9 Å². The fourth-order valence-corrected chi connectivity index (χ4v) is 13.4. The number of hydrogen-bond donors (Lipinski definition) is 4. The second-order valence-electron chi connectivity index (χ2n) is 30.0. The molecule has 0 saturated heterocycles. The van der Waals surface area contributed by atoms with Gasteiger partial charge in [0.2, 0.25) is 0 Å². The average molecular weight is 1700 g/mol. The molecule has 0 aromatic carbocycles. The van der Waals surface area contributed by atoms with E-state index in [0.29, 0.717) is 19.3 Å². The van der Waals surface area contributed by atoms with E-state index in [0.717, 1.165) is 212 Å². The van der Waals surface area contributed by atoms with Crippen molar-refractivity contribution in [1.29, 1.82) is 0 Å². The standard InChI is InChI=1S/C101H164O16P2/c1-4-7-10-13-16-19-22-25-28-31-34-37-40-42-44-45-46-47-48-49-51-53-55-57-60-63-66-69-72-75-78-81-84-87-99(104)111-90-96(102)91-113-118(107,108)114-92-97(103)93-115-119(109,110)116-95-98(117-101(106)89-86-83-80-77-74-71-68-65-62-59-54-39-36-33-30-27-24-21-18-15-12-9-6-3)94-112-100(105)88-85-82-79-76-73-70-67-64-61-58-56-52-50-43-41-38-35-32-29-26-23-20-17-14-11-8-5-2/h7-12,16-21,25-30,34-39,42-44,46-47,50,56,58-59,62,68,71,96-98,102-103H,4-6,13-15,22-24,31-33,40-41,45,48-49,51-55,57,60-61,63-67,69-70,72-95H2,1-3H3,(H,107,108)(H,109,110)/b10-7-,11-8-,12-9-,19-16-,20-17-,21-18-,28-25-,29-26-,30-27-,37-34-,38-35-,39-36-,44-42-,47-46-,50-43-,58-56-,62-59-,71-68-. The summed E-state index contributed by atoms with van der Waals surface area (Å²) in [4.78, 5) is 59.0. The number of allylic oxidation sites excluding steroid dienone is 36. The van der Waals surface area contributed by atoms with Gasteiger partial charge < -0.3 is 34.2 Å². The molecule has 0 aliphatic rings. The van der Waals surface area contributed by atoms with E-state index < -0.39 is 91.5 Å². The molecule has 0 saturated carbocycles. The summed E-state index contributed by atoms with van der Waals surface area (Å²) < 4.78 is 61.5. The van der Waals surface area contributed by atoms with Crippen molar-refractivity contribution in [3.8, 4) is 0 Å². The Balaban J connectivity index is 4.65. The number of hydrogen-bond acceptors (Lipinski definition) is 14. The summed E-state index contributed by atoms with van der Waals surface area (Å²) in [6.07, 6.45) is 124. The number of carbonyl (C=O) groups excluding carboxylic acids is 3. The molecule has 5 unspecified atom stereocenters. The number of ether oxygens (including phenoxy) is 3. The number of esters is 3. The minimum absolute atomic E-state index is 0.0642. The number of unbranched alkanes of at least 4 members (excludes halogenated alkanes) is 26.